The Hall–Kier alpha value is -3.52. The fourth-order valence-corrected chi connectivity index (χ4v) is 4.28. The third kappa shape index (κ3) is 3.78. The maximum Gasteiger partial charge on any atom is 0.244 e. The van der Waals surface area contributed by atoms with Crippen molar-refractivity contribution in [1.82, 2.24) is 24.5 Å². The van der Waals surface area contributed by atoms with E-state index in [-0.39, 0.29) is 12.5 Å². The summed E-state index contributed by atoms with van der Waals surface area (Å²) in [5.41, 5.74) is 1.96. The molecule has 0 bridgehead atoms. The summed E-state index contributed by atoms with van der Waals surface area (Å²) in [5.74, 6) is 1.43. The molecule has 0 saturated carbocycles. The van der Waals surface area contributed by atoms with Crippen molar-refractivity contribution < 1.29 is 9.53 Å². The summed E-state index contributed by atoms with van der Waals surface area (Å²) in [6, 6.07) is 15.5. The van der Waals surface area contributed by atoms with Crippen LogP contribution < -0.4 is 9.64 Å². The molecule has 164 valence electrons. The minimum atomic E-state index is 0.0543. The molecule has 8 nitrogen and oxygen atoms in total. The zero-order valence-electron chi connectivity index (χ0n) is 17.7. The molecule has 2 aromatic heterocycles. The molecular weight excluding hydrogens is 428 g/mol. The first-order valence-corrected chi connectivity index (χ1v) is 10.8. The van der Waals surface area contributed by atoms with Crippen molar-refractivity contribution in [3.05, 3.63) is 65.9 Å². The molecule has 1 aliphatic heterocycles. The molecule has 2 aromatic carbocycles. The zero-order chi connectivity index (χ0) is 22.1. The number of ether oxygens (including phenoxy) is 1. The molecule has 1 amide bonds. The lowest BCUT2D eigenvalue weighted by molar-refractivity contribution is -0.132. The molecular formula is C23H23ClN6O2. The number of rotatable bonds is 5. The number of piperazine rings is 1. The van der Waals surface area contributed by atoms with Gasteiger partial charge in [-0.25, -0.2) is 4.68 Å². The summed E-state index contributed by atoms with van der Waals surface area (Å²) in [4.78, 5) is 17.2. The first-order chi connectivity index (χ1) is 15.6. The molecule has 0 radical (unpaired) electrons. The Labute approximate surface area is 190 Å². The predicted octanol–water partition coefficient (Wildman–Crippen LogP) is 3.23. The maximum absolute atomic E-state index is 13.1. The zero-order valence-corrected chi connectivity index (χ0v) is 18.4. The lowest BCUT2D eigenvalue weighted by Crippen LogP contribution is -2.49. The highest BCUT2D eigenvalue weighted by molar-refractivity contribution is 6.32. The number of hydrogen-bond acceptors (Lipinski definition) is 5. The molecule has 4 aromatic rings. The standard InChI is InChI=1S/C23H23ClN6O2/c1-32-21-15-17(7-8-19(21)24)27-11-13-28(14-12-27)22(31)16-30-20-6-3-2-5-18(20)23(26-30)29-10-4-9-25-29/h2-10,15H,11-14,16H2,1H3. The van der Waals surface area contributed by atoms with E-state index < -0.39 is 0 Å². The number of benzene rings is 2. The van der Waals surface area contributed by atoms with E-state index in [1.54, 1.807) is 22.7 Å². The van der Waals surface area contributed by atoms with Gasteiger partial charge in [-0.15, -0.1) is 0 Å². The van der Waals surface area contributed by atoms with Gasteiger partial charge in [-0.3, -0.25) is 9.48 Å². The van der Waals surface area contributed by atoms with Gasteiger partial charge in [0.05, 0.1) is 17.6 Å². The monoisotopic (exact) mass is 450 g/mol. The van der Waals surface area contributed by atoms with Crippen LogP contribution in [0.4, 0.5) is 5.69 Å². The van der Waals surface area contributed by atoms with Gasteiger partial charge < -0.3 is 14.5 Å². The summed E-state index contributed by atoms with van der Waals surface area (Å²) >= 11 is 6.14. The molecule has 9 heteroatoms. The van der Waals surface area contributed by atoms with E-state index in [1.165, 1.54) is 0 Å². The molecule has 3 heterocycles. The number of halogens is 1. The Balaban J connectivity index is 1.29. The number of amides is 1. The first kappa shape index (κ1) is 20.4. The quantitative estimate of drug-likeness (QED) is 0.467. The lowest BCUT2D eigenvalue weighted by atomic mass is 10.2. The van der Waals surface area contributed by atoms with Crippen LogP contribution >= 0.6 is 11.6 Å². The summed E-state index contributed by atoms with van der Waals surface area (Å²) in [6.45, 7) is 2.98. The van der Waals surface area contributed by atoms with Crippen LogP contribution in [0.2, 0.25) is 5.02 Å². The second kappa shape index (κ2) is 8.55. The molecule has 5 rings (SSSR count). The van der Waals surface area contributed by atoms with Crippen molar-refractivity contribution in [3.8, 4) is 11.6 Å². The summed E-state index contributed by atoms with van der Waals surface area (Å²) in [5, 5.41) is 10.5. The normalized spacial score (nSPS) is 14.2. The van der Waals surface area contributed by atoms with Crippen molar-refractivity contribution >= 4 is 34.1 Å². The molecule has 0 atom stereocenters. The van der Waals surface area contributed by atoms with Crippen molar-refractivity contribution in [1.29, 1.82) is 0 Å². The van der Waals surface area contributed by atoms with Gasteiger partial charge in [-0.1, -0.05) is 23.7 Å². The Morgan fingerprint density at radius 3 is 2.66 bits per heavy atom. The molecule has 1 saturated heterocycles. The number of methoxy groups -OCH3 is 1. The van der Waals surface area contributed by atoms with Gasteiger partial charge in [0.1, 0.15) is 12.3 Å². The molecule has 0 unspecified atom stereocenters. The van der Waals surface area contributed by atoms with Crippen molar-refractivity contribution in [2.45, 2.75) is 6.54 Å². The van der Waals surface area contributed by atoms with Crippen LogP contribution in [0.3, 0.4) is 0 Å². The third-order valence-corrected chi connectivity index (χ3v) is 6.09. The van der Waals surface area contributed by atoms with Crippen LogP contribution in [0.5, 0.6) is 5.75 Å². The number of anilines is 1. The number of para-hydroxylation sites is 1. The van der Waals surface area contributed by atoms with E-state index in [0.717, 1.165) is 35.5 Å². The Bertz CT molecular complexity index is 1240. The van der Waals surface area contributed by atoms with Crippen LogP contribution in [0.1, 0.15) is 0 Å². The minimum absolute atomic E-state index is 0.0543. The van der Waals surface area contributed by atoms with Crippen LogP contribution in [-0.4, -0.2) is 63.7 Å². The topological polar surface area (TPSA) is 68.4 Å². The maximum atomic E-state index is 13.1. The predicted molar refractivity (Wildman–Crippen MR) is 124 cm³/mol. The molecule has 0 N–H and O–H groups in total. The average Bonchev–Trinajstić information content (AvgIpc) is 3.48. The number of carbonyl (C=O) groups excluding carboxylic acids is 1. The number of fused-ring (bicyclic) bond motifs is 1. The van der Waals surface area contributed by atoms with Crippen molar-refractivity contribution in [3.63, 3.8) is 0 Å². The van der Waals surface area contributed by atoms with Gasteiger partial charge in [-0.2, -0.15) is 10.2 Å². The first-order valence-electron chi connectivity index (χ1n) is 10.5. The van der Waals surface area contributed by atoms with Crippen molar-refractivity contribution in [2.24, 2.45) is 0 Å². The summed E-state index contributed by atoms with van der Waals surface area (Å²) in [7, 11) is 1.61. The largest absolute Gasteiger partial charge is 0.495 e. The smallest absolute Gasteiger partial charge is 0.244 e. The van der Waals surface area contributed by atoms with Gasteiger partial charge in [0.25, 0.3) is 0 Å². The minimum Gasteiger partial charge on any atom is -0.495 e. The van der Waals surface area contributed by atoms with Gasteiger partial charge in [0.2, 0.25) is 5.91 Å². The lowest BCUT2D eigenvalue weighted by Gasteiger charge is -2.36. The van der Waals surface area contributed by atoms with Gasteiger partial charge in [0.15, 0.2) is 5.82 Å². The Morgan fingerprint density at radius 2 is 1.91 bits per heavy atom. The van der Waals surface area contributed by atoms with E-state index in [1.807, 2.05) is 59.6 Å². The molecule has 1 aliphatic rings. The van der Waals surface area contributed by atoms with Crippen LogP contribution in [0, 0.1) is 0 Å². The van der Waals surface area contributed by atoms with E-state index in [4.69, 9.17) is 16.3 Å². The molecule has 0 spiro atoms. The SMILES string of the molecule is COc1cc(N2CCN(C(=O)Cn3nc(-n4cccn4)c4ccccc43)CC2)ccc1Cl. The molecule has 1 fully saturated rings. The number of carbonyl (C=O) groups is 1. The van der Waals surface area contributed by atoms with Gasteiger partial charge >= 0.3 is 0 Å². The Morgan fingerprint density at radius 1 is 1.09 bits per heavy atom. The summed E-state index contributed by atoms with van der Waals surface area (Å²) in [6.07, 6.45) is 3.57. The molecule has 0 aliphatic carbocycles. The van der Waals surface area contributed by atoms with Crippen LogP contribution in [-0.2, 0) is 11.3 Å². The van der Waals surface area contributed by atoms with E-state index in [9.17, 15) is 4.79 Å². The van der Waals surface area contributed by atoms with Crippen LogP contribution in [0.25, 0.3) is 16.7 Å². The van der Waals surface area contributed by atoms with E-state index in [2.05, 4.69) is 15.1 Å². The fraction of sp³-hybridized carbons (Fsp3) is 0.261. The van der Waals surface area contributed by atoms with E-state index in [0.29, 0.717) is 23.9 Å². The van der Waals surface area contributed by atoms with Crippen LogP contribution in [0.15, 0.2) is 60.9 Å². The second-order valence-corrected chi connectivity index (χ2v) is 8.04. The third-order valence-electron chi connectivity index (χ3n) is 5.78. The highest BCUT2D eigenvalue weighted by Crippen LogP contribution is 2.30. The number of aromatic nitrogens is 4. The Kier molecular flexibility index (Phi) is 5.45. The van der Waals surface area contributed by atoms with E-state index >= 15 is 0 Å². The van der Waals surface area contributed by atoms with Gasteiger partial charge in [0, 0.05) is 55.7 Å². The average molecular weight is 451 g/mol. The molecule has 32 heavy (non-hydrogen) atoms. The highest BCUT2D eigenvalue weighted by Gasteiger charge is 2.23. The van der Waals surface area contributed by atoms with Crippen molar-refractivity contribution in [2.75, 3.05) is 38.2 Å². The summed E-state index contributed by atoms with van der Waals surface area (Å²) < 4.78 is 8.82. The number of nitrogens with zero attached hydrogens (tertiary/aromatic N) is 6. The second-order valence-electron chi connectivity index (χ2n) is 7.64. The number of hydrogen-bond donors (Lipinski definition) is 0. The fourth-order valence-electron chi connectivity index (χ4n) is 4.08. The highest BCUT2D eigenvalue weighted by atomic mass is 35.5. The van der Waals surface area contributed by atoms with Gasteiger partial charge in [-0.05, 0) is 30.3 Å².